The van der Waals surface area contributed by atoms with E-state index >= 15 is 0 Å². The molecule has 0 aromatic heterocycles. The van der Waals surface area contributed by atoms with E-state index in [2.05, 4.69) is 31.9 Å². The molecule has 0 saturated carbocycles. The largest absolute Gasteiger partial charge is 0.639 e. The maximum Gasteiger partial charge on any atom is 0.639 e. The first-order valence-corrected chi connectivity index (χ1v) is 26.2. The van der Waals surface area contributed by atoms with Crippen LogP contribution < -0.4 is 14.9 Å². The molecular formula is C53H93B2Br2ClO13. The van der Waals surface area contributed by atoms with Crippen LogP contribution >= 0.6 is 43.5 Å². The molecule has 71 heavy (non-hydrogen) atoms. The summed E-state index contributed by atoms with van der Waals surface area (Å²) in [5, 5.41) is 72.7. The molecule has 3 aromatic carbocycles. The van der Waals surface area contributed by atoms with Gasteiger partial charge in [-0.15, -0.1) is 11.6 Å². The number of aliphatic hydroxyl groups excluding tert-OH is 1. The van der Waals surface area contributed by atoms with Gasteiger partial charge in [0.25, 0.3) is 0 Å². The fourth-order valence-electron chi connectivity index (χ4n) is 5.44. The fraction of sp³-hybridized carbons (Fsp3) is 0.660. The van der Waals surface area contributed by atoms with Gasteiger partial charge < -0.3 is 64.1 Å². The molecule has 0 aliphatic rings. The van der Waals surface area contributed by atoms with Crippen molar-refractivity contribution in [1.82, 2.24) is 0 Å². The predicted molar refractivity (Wildman–Crippen MR) is 302 cm³/mol. The SMILES string of the molecule is CC(C)(O)CCCl.CC(C)(O)CCO.CC(C)OB(OC(C)C)OC(C)C.Cc1cc(O)cc(C)c1Br.Cc1cc(OCCC(C)(C)O)cc(C)c1B(O)O.Cc1cc(OCCC(C)(C)O)cc(C)c1Br. The highest BCUT2D eigenvalue weighted by molar-refractivity contribution is 9.10. The Hall–Kier alpha value is -1.96. The van der Waals surface area contributed by atoms with Crippen molar-refractivity contribution in [1.29, 1.82) is 0 Å². The predicted octanol–water partition coefficient (Wildman–Crippen LogP) is 10.7. The highest BCUT2D eigenvalue weighted by Gasteiger charge is 2.25. The second-order valence-electron chi connectivity index (χ2n) is 20.8. The van der Waals surface area contributed by atoms with Crippen molar-refractivity contribution >= 4 is 63.4 Å². The van der Waals surface area contributed by atoms with E-state index in [1.165, 1.54) is 11.1 Å². The molecule has 0 saturated heterocycles. The lowest BCUT2D eigenvalue weighted by atomic mass is 9.74. The zero-order valence-electron chi connectivity index (χ0n) is 46.8. The maximum atomic E-state index is 9.58. The summed E-state index contributed by atoms with van der Waals surface area (Å²) in [5.74, 6) is 2.41. The first kappa shape index (κ1) is 73.3. The standard InChI is InChI=1S/C13H21BO4.C13H19BrO2.C9H21BO3.C8H9BrO.C5H11ClO.C5H12O2/c1-9-7-11(18-6-5-13(3,4)15)8-10(2)12(9)14(16)17;1-9-7-11(8-10(2)12(9)14)16-6-5-13(3,4)15;1-7(2)11-10(12-8(3)4)13-9(5)6;1-5-3-7(10)4-6(2)8(5)9;2*1-5(2,7)3-4-6/h7-8,15-17H,5-6H2,1-4H3;7-8,15H,5-6H2,1-4H3;7-9H,1-6H3;3-4,10H,1-2H3;7H,3-4H2,1-2H3;6-7H,3-4H2,1-2H3. The van der Waals surface area contributed by atoms with Crippen molar-refractivity contribution < 1.29 is 64.1 Å². The van der Waals surface area contributed by atoms with Crippen LogP contribution in [0.2, 0.25) is 0 Å². The molecule has 13 nitrogen and oxygen atoms in total. The summed E-state index contributed by atoms with van der Waals surface area (Å²) in [4.78, 5) is 0. The van der Waals surface area contributed by atoms with E-state index in [-0.39, 0.29) is 24.9 Å². The van der Waals surface area contributed by atoms with Gasteiger partial charge in [0.1, 0.15) is 17.2 Å². The van der Waals surface area contributed by atoms with Gasteiger partial charge in [0, 0.05) is 52.6 Å². The molecule has 8 N–H and O–H groups in total. The van der Waals surface area contributed by atoms with Crippen LogP contribution in [0.4, 0.5) is 0 Å². The normalized spacial score (nSPS) is 11.5. The average molecular weight is 1160 g/mol. The number of phenols is 1. The smallest absolute Gasteiger partial charge is 0.508 e. The van der Waals surface area contributed by atoms with Gasteiger partial charge in [0.15, 0.2) is 0 Å². The Bertz CT molecular complexity index is 1780. The highest BCUT2D eigenvalue weighted by atomic mass is 79.9. The second kappa shape index (κ2) is 36.1. The summed E-state index contributed by atoms with van der Waals surface area (Å²) in [6.07, 6.45) is 2.62. The third-order valence-electron chi connectivity index (χ3n) is 9.20. The van der Waals surface area contributed by atoms with Crippen molar-refractivity contribution in [2.45, 2.75) is 205 Å². The lowest BCUT2D eigenvalue weighted by molar-refractivity contribution is 0.0333. The quantitative estimate of drug-likeness (QED) is 0.0416. The Morgan fingerprint density at radius 1 is 0.507 bits per heavy atom. The monoisotopic (exact) mass is 1150 g/mol. The molecule has 0 unspecified atom stereocenters. The minimum Gasteiger partial charge on any atom is -0.508 e. The van der Waals surface area contributed by atoms with Gasteiger partial charge in [-0.1, -0.05) is 31.9 Å². The van der Waals surface area contributed by atoms with E-state index in [9.17, 15) is 20.3 Å². The molecule has 0 heterocycles. The fourth-order valence-corrected chi connectivity index (χ4v) is 6.36. The summed E-state index contributed by atoms with van der Waals surface area (Å²) in [5.41, 5.74) is 3.85. The lowest BCUT2D eigenvalue weighted by Gasteiger charge is -2.20. The van der Waals surface area contributed by atoms with Crippen LogP contribution in [0.3, 0.4) is 0 Å². The number of ether oxygens (including phenoxy) is 2. The molecule has 0 fully saturated rings. The van der Waals surface area contributed by atoms with Gasteiger partial charge in [-0.05, 0) is 227 Å². The Balaban J connectivity index is -0.000000808. The van der Waals surface area contributed by atoms with Crippen molar-refractivity contribution in [3.63, 3.8) is 0 Å². The first-order chi connectivity index (χ1) is 32.1. The van der Waals surface area contributed by atoms with Crippen LogP contribution in [0.15, 0.2) is 45.3 Å². The summed E-state index contributed by atoms with van der Waals surface area (Å²) in [6, 6.07) is 11.0. The number of aromatic hydroxyl groups is 1. The molecule has 3 rings (SSSR count). The number of alkyl halides is 1. The molecule has 3 aromatic rings. The van der Waals surface area contributed by atoms with Gasteiger partial charge in [-0.3, -0.25) is 0 Å². The van der Waals surface area contributed by atoms with Gasteiger partial charge in [-0.25, -0.2) is 0 Å². The minimum atomic E-state index is -1.46. The molecule has 0 radical (unpaired) electrons. The lowest BCUT2D eigenvalue weighted by Crippen LogP contribution is -2.34. The Morgan fingerprint density at radius 2 is 0.789 bits per heavy atom. The zero-order valence-corrected chi connectivity index (χ0v) is 50.7. The Labute approximate surface area is 451 Å². The van der Waals surface area contributed by atoms with Crippen molar-refractivity contribution in [2.75, 3.05) is 25.7 Å². The van der Waals surface area contributed by atoms with Gasteiger partial charge in [-0.2, -0.15) is 0 Å². The summed E-state index contributed by atoms with van der Waals surface area (Å²) >= 11 is 12.2. The van der Waals surface area contributed by atoms with Crippen molar-refractivity contribution in [3.8, 4) is 17.2 Å². The highest BCUT2D eigenvalue weighted by Crippen LogP contribution is 2.27. The Morgan fingerprint density at radius 3 is 1.00 bits per heavy atom. The number of halogens is 3. The minimum absolute atomic E-state index is 0.0590. The third-order valence-corrected chi connectivity index (χ3v) is 11.9. The van der Waals surface area contributed by atoms with Crippen LogP contribution in [-0.4, -0.2) is 122 Å². The van der Waals surface area contributed by atoms with E-state index in [0.717, 1.165) is 36.9 Å². The molecule has 0 bridgehead atoms. The molecule has 0 atom stereocenters. The molecule has 0 aliphatic carbocycles. The molecule has 0 spiro atoms. The average Bonchev–Trinajstić information content (AvgIpc) is 3.14. The van der Waals surface area contributed by atoms with Crippen LogP contribution in [0.25, 0.3) is 0 Å². The van der Waals surface area contributed by atoms with E-state index in [4.69, 9.17) is 55.5 Å². The second-order valence-corrected chi connectivity index (χ2v) is 22.8. The van der Waals surface area contributed by atoms with Gasteiger partial charge >= 0.3 is 14.4 Å². The van der Waals surface area contributed by atoms with E-state index in [0.29, 0.717) is 61.7 Å². The Kier molecular flexibility index (Phi) is 37.3. The van der Waals surface area contributed by atoms with Gasteiger partial charge in [0.2, 0.25) is 0 Å². The number of aliphatic hydroxyl groups is 5. The number of benzene rings is 3. The topological polar surface area (TPSA) is 208 Å². The summed E-state index contributed by atoms with van der Waals surface area (Å²) < 4.78 is 29.7. The summed E-state index contributed by atoms with van der Waals surface area (Å²) in [6.45, 7) is 38.2. The third kappa shape index (κ3) is 42.0. The summed E-state index contributed by atoms with van der Waals surface area (Å²) in [7, 11) is -2.00. The van der Waals surface area contributed by atoms with Crippen molar-refractivity contribution in [2.24, 2.45) is 0 Å². The number of hydrogen-bond acceptors (Lipinski definition) is 13. The van der Waals surface area contributed by atoms with Crippen LogP contribution in [-0.2, 0) is 14.0 Å². The molecule has 18 heteroatoms. The van der Waals surface area contributed by atoms with E-state index in [1.807, 2.05) is 95.2 Å². The van der Waals surface area contributed by atoms with E-state index < -0.39 is 36.8 Å². The number of hydrogen-bond donors (Lipinski definition) is 8. The number of phenolic OH excluding ortho intramolecular Hbond substituents is 1. The molecule has 0 aliphatic heterocycles. The van der Waals surface area contributed by atoms with Gasteiger partial charge in [0.05, 0.1) is 35.6 Å². The first-order valence-electron chi connectivity index (χ1n) is 24.1. The number of rotatable bonds is 19. The molecule has 0 amide bonds. The van der Waals surface area contributed by atoms with Crippen molar-refractivity contribution in [3.05, 3.63) is 78.7 Å². The molecule has 410 valence electrons. The number of aryl methyl sites for hydroxylation is 6. The van der Waals surface area contributed by atoms with E-state index in [1.54, 1.807) is 79.7 Å². The maximum absolute atomic E-state index is 9.58. The molecular weight excluding hydrogens is 1060 g/mol. The van der Waals surface area contributed by atoms with Crippen LogP contribution in [0, 0.1) is 41.5 Å². The van der Waals surface area contributed by atoms with Crippen LogP contribution in [0.5, 0.6) is 17.2 Å². The van der Waals surface area contributed by atoms with Crippen LogP contribution in [0.1, 0.15) is 156 Å². The zero-order chi connectivity index (χ0) is 56.2.